The lowest BCUT2D eigenvalue weighted by Crippen LogP contribution is -2.31. The van der Waals surface area contributed by atoms with Crippen LogP contribution in [0.4, 0.5) is 4.39 Å². The van der Waals surface area contributed by atoms with Crippen molar-refractivity contribution < 1.29 is 9.18 Å². The first-order valence-electron chi connectivity index (χ1n) is 10.7. The fourth-order valence-corrected chi connectivity index (χ4v) is 5.10. The number of hydrogen-bond donors (Lipinski definition) is 0. The largest absolute Gasteiger partial charge is 0.341 e. The normalized spacial score (nSPS) is 14.6. The van der Waals surface area contributed by atoms with Crippen LogP contribution in [0.1, 0.15) is 43.7 Å². The zero-order valence-electron chi connectivity index (χ0n) is 17.6. The fraction of sp³-hybridized carbons (Fsp3) is 0.375. The highest BCUT2D eigenvalue weighted by atomic mass is 32.2. The predicted molar refractivity (Wildman–Crippen MR) is 122 cm³/mol. The summed E-state index contributed by atoms with van der Waals surface area (Å²) >= 11 is 1.29. The van der Waals surface area contributed by atoms with Gasteiger partial charge in [0.2, 0.25) is 5.91 Å². The van der Waals surface area contributed by atoms with E-state index in [1.54, 1.807) is 29.8 Å². The Hall–Kier alpha value is -2.67. The number of hydrogen-bond acceptors (Lipinski definition) is 4. The molecule has 31 heavy (non-hydrogen) atoms. The van der Waals surface area contributed by atoms with Crippen LogP contribution in [0.25, 0.3) is 10.9 Å². The molecule has 0 bridgehead atoms. The second-order valence-corrected chi connectivity index (χ2v) is 8.95. The molecule has 1 aliphatic carbocycles. The van der Waals surface area contributed by atoms with E-state index in [9.17, 15) is 14.0 Å². The molecule has 2 aromatic carbocycles. The number of benzene rings is 2. The molecule has 1 saturated carbocycles. The van der Waals surface area contributed by atoms with Gasteiger partial charge in [-0.05, 0) is 31.0 Å². The van der Waals surface area contributed by atoms with Crippen LogP contribution in [-0.4, -0.2) is 33.2 Å². The van der Waals surface area contributed by atoms with E-state index in [1.165, 1.54) is 29.1 Å². The van der Waals surface area contributed by atoms with E-state index in [4.69, 9.17) is 4.98 Å². The fourth-order valence-electron chi connectivity index (χ4n) is 4.10. The van der Waals surface area contributed by atoms with Crippen molar-refractivity contribution in [1.29, 1.82) is 0 Å². The third-order valence-electron chi connectivity index (χ3n) is 5.83. The van der Waals surface area contributed by atoms with Crippen molar-refractivity contribution in [3.05, 3.63) is 70.3 Å². The monoisotopic (exact) mass is 439 g/mol. The van der Waals surface area contributed by atoms with Crippen LogP contribution < -0.4 is 5.56 Å². The van der Waals surface area contributed by atoms with E-state index in [0.29, 0.717) is 21.6 Å². The zero-order valence-corrected chi connectivity index (χ0v) is 18.4. The molecule has 1 heterocycles. The Labute approximate surface area is 185 Å². The minimum Gasteiger partial charge on any atom is -0.341 e. The summed E-state index contributed by atoms with van der Waals surface area (Å²) in [5, 5.41) is 1.20. The van der Waals surface area contributed by atoms with E-state index >= 15 is 0 Å². The van der Waals surface area contributed by atoms with Gasteiger partial charge >= 0.3 is 0 Å². The molecule has 7 heteroatoms. The molecule has 162 valence electrons. The summed E-state index contributed by atoms with van der Waals surface area (Å²) in [6, 6.07) is 13.9. The lowest BCUT2D eigenvalue weighted by Gasteiger charge is -2.26. The average Bonchev–Trinajstić information content (AvgIpc) is 2.79. The third-order valence-corrected chi connectivity index (χ3v) is 6.77. The molecule has 1 aliphatic rings. The Bertz CT molecular complexity index is 1140. The first kappa shape index (κ1) is 21.6. The lowest BCUT2D eigenvalue weighted by atomic mass is 9.95. The van der Waals surface area contributed by atoms with Crippen LogP contribution in [0.5, 0.6) is 0 Å². The molecule has 0 N–H and O–H groups in total. The molecule has 1 amide bonds. The van der Waals surface area contributed by atoms with Crippen molar-refractivity contribution in [3.8, 4) is 0 Å². The maximum absolute atomic E-state index is 13.9. The van der Waals surface area contributed by atoms with E-state index in [2.05, 4.69) is 0 Å². The number of rotatable bonds is 6. The first-order valence-corrected chi connectivity index (χ1v) is 11.6. The molecule has 0 radical (unpaired) electrons. The van der Waals surface area contributed by atoms with E-state index < -0.39 is 0 Å². The molecule has 5 nitrogen and oxygen atoms in total. The Kier molecular flexibility index (Phi) is 6.70. The maximum Gasteiger partial charge on any atom is 0.262 e. The van der Waals surface area contributed by atoms with Crippen LogP contribution in [-0.2, 0) is 11.3 Å². The highest BCUT2D eigenvalue weighted by Crippen LogP contribution is 2.31. The molecular weight excluding hydrogens is 413 g/mol. The smallest absolute Gasteiger partial charge is 0.262 e. The minimum atomic E-state index is -0.322. The Morgan fingerprint density at radius 3 is 2.61 bits per heavy atom. The Balaban J connectivity index is 1.56. The quantitative estimate of drug-likeness (QED) is 0.409. The number of carbonyl (C=O) groups is 1. The summed E-state index contributed by atoms with van der Waals surface area (Å²) in [6.07, 6.45) is 5.29. The van der Waals surface area contributed by atoms with Crippen LogP contribution >= 0.6 is 11.8 Å². The molecule has 4 rings (SSSR count). The average molecular weight is 440 g/mol. The second-order valence-electron chi connectivity index (χ2n) is 8.01. The van der Waals surface area contributed by atoms with Gasteiger partial charge in [-0.3, -0.25) is 14.2 Å². The number of halogens is 1. The van der Waals surface area contributed by atoms with Crippen molar-refractivity contribution in [2.75, 3.05) is 12.8 Å². The third kappa shape index (κ3) is 4.82. The Morgan fingerprint density at radius 2 is 1.84 bits per heavy atom. The van der Waals surface area contributed by atoms with Gasteiger partial charge < -0.3 is 4.90 Å². The van der Waals surface area contributed by atoms with Crippen molar-refractivity contribution in [2.24, 2.45) is 0 Å². The van der Waals surface area contributed by atoms with Gasteiger partial charge in [0.15, 0.2) is 5.16 Å². The number of aromatic nitrogens is 2. The van der Waals surface area contributed by atoms with Gasteiger partial charge in [-0.15, -0.1) is 0 Å². The summed E-state index contributed by atoms with van der Waals surface area (Å²) in [5.74, 6) is -0.314. The van der Waals surface area contributed by atoms with E-state index in [-0.39, 0.29) is 35.6 Å². The van der Waals surface area contributed by atoms with Crippen molar-refractivity contribution in [3.63, 3.8) is 0 Å². The second kappa shape index (κ2) is 9.64. The molecule has 1 aromatic heterocycles. The van der Waals surface area contributed by atoms with Gasteiger partial charge in [-0.2, -0.15) is 0 Å². The summed E-state index contributed by atoms with van der Waals surface area (Å²) in [5.41, 5.74) is 1.09. The topological polar surface area (TPSA) is 55.2 Å². The highest BCUT2D eigenvalue weighted by Gasteiger charge is 2.23. The minimum absolute atomic E-state index is 0.0350. The predicted octanol–water partition coefficient (Wildman–Crippen LogP) is 4.79. The first-order chi connectivity index (χ1) is 15.0. The SMILES string of the molecule is CN(Cc1ccccc1F)C(=O)CSc1nc2ccccc2c(=O)n1C1CCCCC1. The summed E-state index contributed by atoms with van der Waals surface area (Å²) in [7, 11) is 1.66. The standard InChI is InChI=1S/C24H26FN3O2S/c1-27(15-17-9-5-7-13-20(17)25)22(29)16-31-24-26-21-14-8-6-12-19(21)23(30)28(24)18-10-3-2-4-11-18/h5-9,12-14,18H,2-4,10-11,15-16H2,1H3. The summed E-state index contributed by atoms with van der Waals surface area (Å²) < 4.78 is 15.7. The van der Waals surface area contributed by atoms with E-state index in [0.717, 1.165) is 25.7 Å². The molecule has 0 saturated heterocycles. The molecule has 0 aliphatic heterocycles. The van der Waals surface area contributed by atoms with Crippen molar-refractivity contribution in [2.45, 2.75) is 49.8 Å². The van der Waals surface area contributed by atoms with Crippen LogP contribution in [0.2, 0.25) is 0 Å². The molecule has 0 atom stereocenters. The van der Waals surface area contributed by atoms with E-state index in [1.807, 2.05) is 24.3 Å². The number of para-hydroxylation sites is 1. The highest BCUT2D eigenvalue weighted by molar-refractivity contribution is 7.99. The molecule has 1 fully saturated rings. The number of thioether (sulfide) groups is 1. The number of amides is 1. The van der Waals surface area contributed by atoms with Gasteiger partial charge in [0, 0.05) is 25.2 Å². The van der Waals surface area contributed by atoms with Crippen molar-refractivity contribution >= 4 is 28.6 Å². The van der Waals surface area contributed by atoms with Gasteiger partial charge in [-0.1, -0.05) is 61.4 Å². The maximum atomic E-state index is 13.9. The number of nitrogens with zero attached hydrogens (tertiary/aromatic N) is 3. The summed E-state index contributed by atoms with van der Waals surface area (Å²) in [4.78, 5) is 32.3. The molecule has 0 unspecified atom stereocenters. The van der Waals surface area contributed by atoms with Crippen LogP contribution in [0, 0.1) is 5.82 Å². The van der Waals surface area contributed by atoms with Gasteiger partial charge in [0.05, 0.1) is 16.7 Å². The molecule has 3 aromatic rings. The van der Waals surface area contributed by atoms with Crippen LogP contribution in [0.3, 0.4) is 0 Å². The Morgan fingerprint density at radius 1 is 1.13 bits per heavy atom. The number of carbonyl (C=O) groups excluding carboxylic acids is 1. The zero-order chi connectivity index (χ0) is 21.8. The van der Waals surface area contributed by atoms with Crippen LogP contribution in [0.15, 0.2) is 58.5 Å². The van der Waals surface area contributed by atoms with Crippen molar-refractivity contribution in [1.82, 2.24) is 14.5 Å². The molecular formula is C24H26FN3O2S. The number of fused-ring (bicyclic) bond motifs is 1. The summed E-state index contributed by atoms with van der Waals surface area (Å²) in [6.45, 7) is 0.201. The van der Waals surface area contributed by atoms with Gasteiger partial charge in [0.1, 0.15) is 5.82 Å². The molecule has 0 spiro atoms. The lowest BCUT2D eigenvalue weighted by molar-refractivity contribution is -0.127. The van der Waals surface area contributed by atoms with Gasteiger partial charge in [-0.25, -0.2) is 9.37 Å². The van der Waals surface area contributed by atoms with Gasteiger partial charge in [0.25, 0.3) is 5.56 Å².